The Kier molecular flexibility index (Phi) is 3.69. The molecular formula is C13H16FN3O2. The van der Waals surface area contributed by atoms with Gasteiger partial charge < -0.3 is 16.3 Å². The lowest BCUT2D eigenvalue weighted by molar-refractivity contribution is -0.124. The quantitative estimate of drug-likeness (QED) is 0.321. The van der Waals surface area contributed by atoms with E-state index >= 15 is 0 Å². The van der Waals surface area contributed by atoms with E-state index in [1.807, 2.05) is 0 Å². The van der Waals surface area contributed by atoms with Crippen LogP contribution in [0.4, 0.5) is 4.39 Å². The molecule has 0 bridgehead atoms. The van der Waals surface area contributed by atoms with Crippen molar-refractivity contribution in [1.82, 2.24) is 5.32 Å². The highest BCUT2D eigenvalue weighted by Crippen LogP contribution is 2.45. The fourth-order valence-corrected chi connectivity index (χ4v) is 2.00. The van der Waals surface area contributed by atoms with Gasteiger partial charge in [0.05, 0.1) is 0 Å². The van der Waals surface area contributed by atoms with Gasteiger partial charge in [-0.1, -0.05) is 17.3 Å². The number of rotatable bonds is 5. The van der Waals surface area contributed by atoms with E-state index < -0.39 is 5.41 Å². The number of nitrogens with zero attached hydrogens (tertiary/aromatic N) is 1. The Morgan fingerprint density at radius 2 is 2.26 bits per heavy atom. The third-order valence-electron chi connectivity index (χ3n) is 3.37. The van der Waals surface area contributed by atoms with E-state index in [-0.39, 0.29) is 17.6 Å². The second-order valence-corrected chi connectivity index (χ2v) is 4.70. The topological polar surface area (TPSA) is 87.7 Å². The SMILES string of the molecule is N/C(=N/O)C1(C(=O)NCCc2cccc(F)c2)CC1. The number of nitrogens with two attached hydrogens (primary N) is 1. The maximum atomic E-state index is 13.0. The second-order valence-electron chi connectivity index (χ2n) is 4.70. The zero-order chi connectivity index (χ0) is 13.9. The van der Waals surface area contributed by atoms with Crippen LogP contribution in [0.1, 0.15) is 18.4 Å². The van der Waals surface area contributed by atoms with Crippen LogP contribution in [0.15, 0.2) is 29.4 Å². The molecule has 1 saturated carbocycles. The van der Waals surface area contributed by atoms with Crippen LogP contribution in [0.25, 0.3) is 0 Å². The molecule has 4 N–H and O–H groups in total. The van der Waals surface area contributed by atoms with Crippen molar-refractivity contribution in [2.75, 3.05) is 6.54 Å². The Labute approximate surface area is 110 Å². The molecule has 0 aromatic heterocycles. The molecule has 19 heavy (non-hydrogen) atoms. The monoisotopic (exact) mass is 265 g/mol. The van der Waals surface area contributed by atoms with Gasteiger partial charge in [-0.2, -0.15) is 0 Å². The molecule has 0 atom stereocenters. The van der Waals surface area contributed by atoms with Gasteiger partial charge in [-0.25, -0.2) is 4.39 Å². The van der Waals surface area contributed by atoms with Crippen LogP contribution in [-0.2, 0) is 11.2 Å². The average molecular weight is 265 g/mol. The lowest BCUT2D eigenvalue weighted by Crippen LogP contribution is -2.41. The maximum Gasteiger partial charge on any atom is 0.233 e. The summed E-state index contributed by atoms with van der Waals surface area (Å²) in [7, 11) is 0. The number of hydrogen-bond acceptors (Lipinski definition) is 3. The van der Waals surface area contributed by atoms with E-state index in [0.29, 0.717) is 25.8 Å². The van der Waals surface area contributed by atoms with Crippen molar-refractivity contribution in [3.8, 4) is 0 Å². The number of amidine groups is 1. The lowest BCUT2D eigenvalue weighted by atomic mass is 10.1. The minimum Gasteiger partial charge on any atom is -0.409 e. The lowest BCUT2D eigenvalue weighted by Gasteiger charge is -2.13. The van der Waals surface area contributed by atoms with E-state index in [2.05, 4.69) is 10.5 Å². The summed E-state index contributed by atoms with van der Waals surface area (Å²) in [4.78, 5) is 11.9. The molecule has 102 valence electrons. The summed E-state index contributed by atoms with van der Waals surface area (Å²) in [6, 6.07) is 6.24. The summed E-state index contributed by atoms with van der Waals surface area (Å²) >= 11 is 0. The minimum atomic E-state index is -0.837. The summed E-state index contributed by atoms with van der Waals surface area (Å²) < 4.78 is 13.0. The molecule has 1 aliphatic carbocycles. The van der Waals surface area contributed by atoms with Gasteiger partial charge in [0.2, 0.25) is 5.91 Å². The van der Waals surface area contributed by atoms with Gasteiger partial charge in [-0.15, -0.1) is 0 Å². The molecule has 6 heteroatoms. The highest BCUT2D eigenvalue weighted by molar-refractivity contribution is 6.09. The largest absolute Gasteiger partial charge is 0.409 e. The number of oxime groups is 1. The van der Waals surface area contributed by atoms with Gasteiger partial charge in [-0.05, 0) is 37.0 Å². The van der Waals surface area contributed by atoms with E-state index in [0.717, 1.165) is 5.56 Å². The predicted octanol–water partition coefficient (Wildman–Crippen LogP) is 1.01. The summed E-state index contributed by atoms with van der Waals surface area (Å²) in [5.74, 6) is -0.575. The van der Waals surface area contributed by atoms with Gasteiger partial charge in [0.15, 0.2) is 5.84 Å². The number of carbonyl (C=O) groups excluding carboxylic acids is 1. The zero-order valence-electron chi connectivity index (χ0n) is 10.4. The van der Waals surface area contributed by atoms with E-state index in [1.54, 1.807) is 12.1 Å². The fraction of sp³-hybridized carbons (Fsp3) is 0.385. The Balaban J connectivity index is 1.85. The number of benzene rings is 1. The van der Waals surface area contributed by atoms with Gasteiger partial charge in [0.25, 0.3) is 0 Å². The Hall–Kier alpha value is -2.11. The maximum absolute atomic E-state index is 13.0. The molecule has 1 fully saturated rings. The third kappa shape index (κ3) is 2.83. The van der Waals surface area contributed by atoms with Crippen LogP contribution >= 0.6 is 0 Å². The first-order chi connectivity index (χ1) is 9.08. The van der Waals surface area contributed by atoms with Crippen LogP contribution in [0, 0.1) is 11.2 Å². The molecule has 1 aliphatic rings. The van der Waals surface area contributed by atoms with Gasteiger partial charge in [-0.3, -0.25) is 4.79 Å². The second kappa shape index (κ2) is 5.26. The molecule has 1 aromatic carbocycles. The number of amides is 1. The molecule has 5 nitrogen and oxygen atoms in total. The summed E-state index contributed by atoms with van der Waals surface area (Å²) in [6.45, 7) is 0.392. The van der Waals surface area contributed by atoms with E-state index in [1.165, 1.54) is 12.1 Å². The third-order valence-corrected chi connectivity index (χ3v) is 3.37. The molecular weight excluding hydrogens is 249 g/mol. The summed E-state index contributed by atoms with van der Waals surface area (Å²) in [6.07, 6.45) is 1.72. The number of hydrogen-bond donors (Lipinski definition) is 3. The molecule has 0 radical (unpaired) electrons. The van der Waals surface area contributed by atoms with Crippen molar-refractivity contribution in [2.45, 2.75) is 19.3 Å². The van der Waals surface area contributed by atoms with Crippen LogP contribution < -0.4 is 11.1 Å². The molecule has 0 saturated heterocycles. The number of halogens is 1. The van der Waals surface area contributed by atoms with Crippen LogP contribution in [-0.4, -0.2) is 23.5 Å². The molecule has 1 amide bonds. The minimum absolute atomic E-state index is 0.0456. The molecule has 1 aromatic rings. The highest BCUT2D eigenvalue weighted by Gasteiger charge is 2.54. The summed E-state index contributed by atoms with van der Waals surface area (Å²) in [5.41, 5.74) is 5.48. The van der Waals surface area contributed by atoms with E-state index in [9.17, 15) is 9.18 Å². The molecule has 2 rings (SSSR count). The van der Waals surface area contributed by atoms with Crippen molar-refractivity contribution < 1.29 is 14.4 Å². The first-order valence-corrected chi connectivity index (χ1v) is 6.09. The fourth-order valence-electron chi connectivity index (χ4n) is 2.00. The van der Waals surface area contributed by atoms with Crippen LogP contribution in [0.3, 0.4) is 0 Å². The Bertz CT molecular complexity index is 512. The number of carbonyl (C=O) groups is 1. The van der Waals surface area contributed by atoms with Gasteiger partial charge in [0.1, 0.15) is 11.2 Å². The smallest absolute Gasteiger partial charge is 0.233 e. The van der Waals surface area contributed by atoms with Crippen molar-refractivity contribution in [3.05, 3.63) is 35.6 Å². The zero-order valence-corrected chi connectivity index (χ0v) is 10.4. The van der Waals surface area contributed by atoms with Crippen molar-refractivity contribution in [1.29, 1.82) is 0 Å². The van der Waals surface area contributed by atoms with Crippen molar-refractivity contribution in [2.24, 2.45) is 16.3 Å². The van der Waals surface area contributed by atoms with Crippen LogP contribution in [0.5, 0.6) is 0 Å². The molecule has 0 heterocycles. The van der Waals surface area contributed by atoms with Crippen molar-refractivity contribution >= 4 is 11.7 Å². The molecule has 0 spiro atoms. The van der Waals surface area contributed by atoms with Gasteiger partial charge in [0, 0.05) is 6.54 Å². The average Bonchev–Trinajstić information content (AvgIpc) is 3.19. The molecule has 0 aliphatic heterocycles. The van der Waals surface area contributed by atoms with Gasteiger partial charge >= 0.3 is 0 Å². The first-order valence-electron chi connectivity index (χ1n) is 6.09. The normalized spacial score (nSPS) is 17.0. The predicted molar refractivity (Wildman–Crippen MR) is 68.2 cm³/mol. The van der Waals surface area contributed by atoms with Crippen LogP contribution in [0.2, 0.25) is 0 Å². The highest BCUT2D eigenvalue weighted by atomic mass is 19.1. The van der Waals surface area contributed by atoms with Crippen molar-refractivity contribution in [3.63, 3.8) is 0 Å². The molecule has 0 unspecified atom stereocenters. The van der Waals surface area contributed by atoms with E-state index in [4.69, 9.17) is 10.9 Å². The standard InChI is InChI=1S/C13H16FN3O2/c14-10-3-1-2-9(8-10)4-7-16-12(18)13(5-6-13)11(15)17-19/h1-3,8,19H,4-7H2,(H2,15,17)(H,16,18). The Morgan fingerprint density at radius 1 is 1.53 bits per heavy atom. The Morgan fingerprint density at radius 3 is 2.84 bits per heavy atom. The summed E-state index contributed by atoms with van der Waals surface area (Å²) in [5, 5.41) is 14.3. The first kappa shape index (κ1) is 13.3. The number of nitrogens with one attached hydrogen (secondary N) is 1.